The van der Waals surface area contributed by atoms with Crippen LogP contribution >= 0.6 is 0 Å². The molecule has 0 radical (unpaired) electrons. The first-order chi connectivity index (χ1) is 9.24. The fourth-order valence-electron chi connectivity index (χ4n) is 1.85. The molecule has 19 heavy (non-hydrogen) atoms. The van der Waals surface area contributed by atoms with Gasteiger partial charge in [-0.1, -0.05) is 0 Å². The van der Waals surface area contributed by atoms with Gasteiger partial charge in [0, 0.05) is 25.3 Å². The van der Waals surface area contributed by atoms with Crippen LogP contribution in [-0.4, -0.2) is 45.4 Å². The van der Waals surface area contributed by atoms with E-state index in [1.165, 1.54) is 7.11 Å². The number of rotatable bonds is 7. The van der Waals surface area contributed by atoms with Crippen LogP contribution in [0.25, 0.3) is 0 Å². The number of ether oxygens (including phenoxy) is 4. The second-order valence-corrected chi connectivity index (χ2v) is 4.26. The van der Waals surface area contributed by atoms with Crippen molar-refractivity contribution in [1.29, 1.82) is 0 Å². The second kappa shape index (κ2) is 6.60. The zero-order valence-electron chi connectivity index (χ0n) is 11.1. The van der Waals surface area contributed by atoms with Crippen LogP contribution in [0.5, 0.6) is 17.2 Å². The van der Waals surface area contributed by atoms with Crippen LogP contribution < -0.4 is 19.5 Å². The summed E-state index contributed by atoms with van der Waals surface area (Å²) in [5.74, 6) is 2.06. The minimum atomic E-state index is -0.655. The van der Waals surface area contributed by atoms with E-state index in [1.54, 1.807) is 6.07 Å². The molecule has 0 aliphatic carbocycles. The minimum absolute atomic E-state index is 0.171. The first-order valence-electron chi connectivity index (χ1n) is 6.11. The Morgan fingerprint density at radius 2 is 2.05 bits per heavy atom. The normalized spacial score (nSPS) is 14.5. The third-order valence-electron chi connectivity index (χ3n) is 2.71. The van der Waals surface area contributed by atoms with Crippen molar-refractivity contribution < 1.29 is 24.1 Å². The molecular formula is C13H19NO5. The largest absolute Gasteiger partial charge is 0.490 e. The maximum absolute atomic E-state index is 9.60. The molecule has 0 bridgehead atoms. The summed E-state index contributed by atoms with van der Waals surface area (Å²) in [5.41, 5.74) is 0.955. The quantitative estimate of drug-likeness (QED) is 0.752. The Morgan fingerprint density at radius 1 is 1.32 bits per heavy atom. The molecule has 1 aromatic carbocycles. The van der Waals surface area contributed by atoms with E-state index in [0.717, 1.165) is 11.3 Å². The van der Waals surface area contributed by atoms with E-state index >= 15 is 0 Å². The Bertz CT molecular complexity index is 424. The summed E-state index contributed by atoms with van der Waals surface area (Å²) in [5, 5.41) is 12.7. The summed E-state index contributed by atoms with van der Waals surface area (Å²) in [7, 11) is 3.39. The molecule has 2 rings (SSSR count). The van der Waals surface area contributed by atoms with Gasteiger partial charge in [0.2, 0.25) is 6.79 Å². The molecule has 0 amide bonds. The molecule has 6 heteroatoms. The van der Waals surface area contributed by atoms with Gasteiger partial charge in [0.25, 0.3) is 0 Å². The summed E-state index contributed by atoms with van der Waals surface area (Å²) >= 11 is 0. The van der Waals surface area contributed by atoms with Gasteiger partial charge in [0.15, 0.2) is 11.5 Å². The van der Waals surface area contributed by atoms with E-state index in [1.807, 2.05) is 13.1 Å². The standard InChI is InChI=1S/C13H19NO5/c1-14-5-9-3-12-13(19-8-18-12)4-11(9)17-7-10(15)6-16-2/h3-4,10,14-15H,5-8H2,1-2H3. The number of methoxy groups -OCH3 is 1. The van der Waals surface area contributed by atoms with Crippen molar-refractivity contribution in [2.75, 3.05) is 34.2 Å². The summed E-state index contributed by atoms with van der Waals surface area (Å²) in [4.78, 5) is 0. The maximum Gasteiger partial charge on any atom is 0.231 e. The van der Waals surface area contributed by atoms with Crippen molar-refractivity contribution in [2.24, 2.45) is 0 Å². The third kappa shape index (κ3) is 3.50. The maximum atomic E-state index is 9.60. The molecular weight excluding hydrogens is 250 g/mol. The molecule has 2 N–H and O–H groups in total. The zero-order valence-corrected chi connectivity index (χ0v) is 11.1. The van der Waals surface area contributed by atoms with Crippen molar-refractivity contribution in [3.05, 3.63) is 17.7 Å². The number of aliphatic hydroxyl groups excluding tert-OH is 1. The third-order valence-corrected chi connectivity index (χ3v) is 2.71. The fourth-order valence-corrected chi connectivity index (χ4v) is 1.85. The number of fused-ring (bicyclic) bond motifs is 1. The molecule has 0 saturated carbocycles. The van der Waals surface area contributed by atoms with Gasteiger partial charge in [-0.15, -0.1) is 0 Å². The highest BCUT2D eigenvalue weighted by molar-refractivity contribution is 5.51. The van der Waals surface area contributed by atoms with Gasteiger partial charge in [-0.3, -0.25) is 0 Å². The van der Waals surface area contributed by atoms with Crippen molar-refractivity contribution in [3.8, 4) is 17.2 Å². The monoisotopic (exact) mass is 269 g/mol. The molecule has 1 aliphatic heterocycles. The fraction of sp³-hybridized carbons (Fsp3) is 0.538. The number of aliphatic hydroxyl groups is 1. The van der Waals surface area contributed by atoms with Crippen LogP contribution in [0.15, 0.2) is 12.1 Å². The highest BCUT2D eigenvalue weighted by atomic mass is 16.7. The lowest BCUT2D eigenvalue weighted by atomic mass is 10.1. The molecule has 1 aromatic rings. The van der Waals surface area contributed by atoms with E-state index in [-0.39, 0.29) is 20.0 Å². The first-order valence-corrected chi connectivity index (χ1v) is 6.11. The van der Waals surface area contributed by atoms with Gasteiger partial charge in [0.05, 0.1) is 6.61 Å². The molecule has 0 aromatic heterocycles. The van der Waals surface area contributed by atoms with Gasteiger partial charge < -0.3 is 29.4 Å². The van der Waals surface area contributed by atoms with E-state index < -0.39 is 6.10 Å². The molecule has 0 spiro atoms. The molecule has 1 atom stereocenters. The minimum Gasteiger partial charge on any atom is -0.490 e. The Kier molecular flexibility index (Phi) is 4.84. The predicted octanol–water partition coefficient (Wildman–Crippen LogP) is 0.521. The van der Waals surface area contributed by atoms with E-state index in [4.69, 9.17) is 18.9 Å². The first kappa shape index (κ1) is 13.9. The Labute approximate surface area is 112 Å². The number of hydrogen-bond acceptors (Lipinski definition) is 6. The van der Waals surface area contributed by atoms with Crippen LogP contribution in [0.3, 0.4) is 0 Å². The Hall–Kier alpha value is -1.50. The van der Waals surface area contributed by atoms with Crippen LogP contribution in [0, 0.1) is 0 Å². The van der Waals surface area contributed by atoms with Gasteiger partial charge in [0.1, 0.15) is 18.5 Å². The predicted molar refractivity (Wildman–Crippen MR) is 68.7 cm³/mol. The molecule has 0 saturated heterocycles. The lowest BCUT2D eigenvalue weighted by molar-refractivity contribution is 0.0322. The molecule has 1 aliphatic rings. The van der Waals surface area contributed by atoms with E-state index in [0.29, 0.717) is 18.0 Å². The molecule has 1 unspecified atom stereocenters. The highest BCUT2D eigenvalue weighted by Gasteiger charge is 2.18. The van der Waals surface area contributed by atoms with Crippen LogP contribution in [0.1, 0.15) is 5.56 Å². The average molecular weight is 269 g/mol. The van der Waals surface area contributed by atoms with Crippen LogP contribution in [0.4, 0.5) is 0 Å². The molecule has 6 nitrogen and oxygen atoms in total. The topological polar surface area (TPSA) is 69.2 Å². The smallest absolute Gasteiger partial charge is 0.231 e. The molecule has 106 valence electrons. The number of hydrogen-bond donors (Lipinski definition) is 2. The summed E-state index contributed by atoms with van der Waals surface area (Å²) in [6.07, 6.45) is -0.655. The molecule has 1 heterocycles. The van der Waals surface area contributed by atoms with E-state index in [9.17, 15) is 5.11 Å². The zero-order chi connectivity index (χ0) is 13.7. The van der Waals surface area contributed by atoms with Gasteiger partial charge >= 0.3 is 0 Å². The molecule has 0 fully saturated rings. The van der Waals surface area contributed by atoms with Crippen LogP contribution in [-0.2, 0) is 11.3 Å². The van der Waals surface area contributed by atoms with Crippen molar-refractivity contribution in [2.45, 2.75) is 12.6 Å². The van der Waals surface area contributed by atoms with Crippen molar-refractivity contribution in [1.82, 2.24) is 5.32 Å². The highest BCUT2D eigenvalue weighted by Crippen LogP contribution is 2.38. The average Bonchev–Trinajstić information content (AvgIpc) is 2.84. The SMILES string of the molecule is CNCc1cc2c(cc1OCC(O)COC)OCO2. The number of nitrogens with one attached hydrogen (secondary N) is 1. The summed E-state index contributed by atoms with van der Waals surface area (Å²) in [6.45, 7) is 1.28. The second-order valence-electron chi connectivity index (χ2n) is 4.26. The lowest BCUT2D eigenvalue weighted by Gasteiger charge is -2.15. The summed E-state index contributed by atoms with van der Waals surface area (Å²) in [6, 6.07) is 3.67. The van der Waals surface area contributed by atoms with Gasteiger partial charge in [-0.25, -0.2) is 0 Å². The summed E-state index contributed by atoms with van der Waals surface area (Å²) < 4.78 is 21.1. The Balaban J connectivity index is 2.09. The Morgan fingerprint density at radius 3 is 2.74 bits per heavy atom. The van der Waals surface area contributed by atoms with Crippen molar-refractivity contribution >= 4 is 0 Å². The van der Waals surface area contributed by atoms with Gasteiger partial charge in [-0.05, 0) is 13.1 Å². The van der Waals surface area contributed by atoms with Crippen LogP contribution in [0.2, 0.25) is 0 Å². The van der Waals surface area contributed by atoms with E-state index in [2.05, 4.69) is 5.32 Å². The van der Waals surface area contributed by atoms with Gasteiger partial charge in [-0.2, -0.15) is 0 Å². The lowest BCUT2D eigenvalue weighted by Crippen LogP contribution is -2.23. The number of benzene rings is 1. The van der Waals surface area contributed by atoms with Crippen molar-refractivity contribution in [3.63, 3.8) is 0 Å².